The Kier molecular flexibility index (Phi) is 4.41. The van der Waals surface area contributed by atoms with Crippen LogP contribution in [0.15, 0.2) is 0 Å². The van der Waals surface area contributed by atoms with Crippen molar-refractivity contribution in [2.75, 3.05) is 0 Å². The number of fused-ring (bicyclic) bond motifs is 2. The van der Waals surface area contributed by atoms with Crippen LogP contribution in [0.3, 0.4) is 0 Å². The van der Waals surface area contributed by atoms with Crippen LogP contribution in [-0.2, 0) is 9.53 Å². The van der Waals surface area contributed by atoms with E-state index in [1.54, 1.807) is 27.7 Å². The van der Waals surface area contributed by atoms with Crippen molar-refractivity contribution < 1.29 is 35.1 Å². The van der Waals surface area contributed by atoms with Gasteiger partial charge in [-0.05, 0) is 51.9 Å². The summed E-state index contributed by atoms with van der Waals surface area (Å²) in [6, 6.07) is 0. The van der Waals surface area contributed by atoms with Crippen molar-refractivity contribution in [3.05, 3.63) is 0 Å². The quantitative estimate of drug-likeness (QED) is 0.402. The van der Waals surface area contributed by atoms with E-state index in [0.29, 0.717) is 12.8 Å². The molecule has 0 aromatic heterocycles. The molecule has 4 fully saturated rings. The summed E-state index contributed by atoms with van der Waals surface area (Å²) in [5.41, 5.74) is -6.08. The number of carbonyl (C=O) groups is 1. The van der Waals surface area contributed by atoms with Gasteiger partial charge in [0, 0.05) is 29.6 Å². The minimum absolute atomic E-state index is 0.0988. The first-order chi connectivity index (χ1) is 13.1. The van der Waals surface area contributed by atoms with E-state index in [1.165, 1.54) is 6.92 Å². The fourth-order valence-electron chi connectivity index (χ4n) is 8.14. The Morgan fingerprint density at radius 2 is 1.59 bits per heavy atom. The molecule has 0 radical (unpaired) electrons. The van der Waals surface area contributed by atoms with Gasteiger partial charge in [-0.25, -0.2) is 0 Å². The van der Waals surface area contributed by atoms with Crippen LogP contribution in [0.1, 0.15) is 66.7 Å². The third-order valence-corrected chi connectivity index (χ3v) is 9.52. The SMILES string of the molecule is CC(=O)O[C@H]1[C@H]2CC[C@H]3[C@@](C)(O)[C@@H]4C[C@H](O)C(C)(C)[C@@]4(O)[C@H](O)C[C@@]13C[C@@]2(C)O. The topological polar surface area (TPSA) is 127 Å². The number of aliphatic hydroxyl groups excluding tert-OH is 2. The van der Waals surface area contributed by atoms with E-state index in [4.69, 9.17) is 4.74 Å². The average Bonchev–Trinajstić information content (AvgIpc) is 2.80. The molecule has 7 nitrogen and oxygen atoms in total. The third-order valence-electron chi connectivity index (χ3n) is 9.52. The first kappa shape index (κ1) is 21.5. The lowest BCUT2D eigenvalue weighted by molar-refractivity contribution is -0.202. The van der Waals surface area contributed by atoms with E-state index >= 15 is 0 Å². The average molecular weight is 413 g/mol. The van der Waals surface area contributed by atoms with Gasteiger partial charge in [-0.2, -0.15) is 0 Å². The second-order valence-electron chi connectivity index (χ2n) is 11.3. The minimum Gasteiger partial charge on any atom is -0.462 e. The highest BCUT2D eigenvalue weighted by atomic mass is 16.5. The highest BCUT2D eigenvalue weighted by molar-refractivity contribution is 5.66. The normalized spacial score (nSPS) is 58.3. The van der Waals surface area contributed by atoms with Crippen molar-refractivity contribution in [1.82, 2.24) is 0 Å². The summed E-state index contributed by atoms with van der Waals surface area (Å²) in [5.74, 6) is -1.86. The predicted octanol–water partition coefficient (Wildman–Crippen LogP) is 0.739. The Morgan fingerprint density at radius 3 is 2.17 bits per heavy atom. The van der Waals surface area contributed by atoms with Crippen molar-refractivity contribution in [1.29, 1.82) is 0 Å². The lowest BCUT2D eigenvalue weighted by atomic mass is 9.57. The van der Waals surface area contributed by atoms with Crippen LogP contribution in [0.5, 0.6) is 0 Å². The molecule has 0 aliphatic heterocycles. The summed E-state index contributed by atoms with van der Waals surface area (Å²) in [4.78, 5) is 11.9. The molecule has 4 aliphatic rings. The van der Waals surface area contributed by atoms with E-state index in [2.05, 4.69) is 0 Å². The Hall–Kier alpha value is -0.730. The zero-order valence-electron chi connectivity index (χ0n) is 18.1. The van der Waals surface area contributed by atoms with E-state index in [-0.39, 0.29) is 31.1 Å². The zero-order valence-corrected chi connectivity index (χ0v) is 18.1. The second kappa shape index (κ2) is 5.94. The molecule has 1 spiro atoms. The van der Waals surface area contributed by atoms with Gasteiger partial charge in [-0.15, -0.1) is 0 Å². The van der Waals surface area contributed by atoms with E-state index in [9.17, 15) is 30.3 Å². The molecular formula is C22H36O7. The van der Waals surface area contributed by atoms with E-state index in [0.717, 1.165) is 0 Å². The van der Waals surface area contributed by atoms with E-state index in [1.807, 2.05) is 0 Å². The highest BCUT2D eigenvalue weighted by Crippen LogP contribution is 2.70. The maximum absolute atomic E-state index is 11.9. The number of hydrogen-bond acceptors (Lipinski definition) is 7. The highest BCUT2D eigenvalue weighted by Gasteiger charge is 2.77. The zero-order chi connectivity index (χ0) is 21.8. The lowest BCUT2D eigenvalue weighted by Gasteiger charge is -2.51. The van der Waals surface area contributed by atoms with E-state index < -0.39 is 57.8 Å². The Labute approximate surface area is 172 Å². The molecular weight excluding hydrogens is 376 g/mol. The summed E-state index contributed by atoms with van der Waals surface area (Å²) in [6.07, 6.45) is -0.985. The summed E-state index contributed by atoms with van der Waals surface area (Å²) < 4.78 is 5.75. The number of hydrogen-bond donors (Lipinski definition) is 5. The molecule has 4 aliphatic carbocycles. The van der Waals surface area contributed by atoms with Gasteiger partial charge in [-0.1, -0.05) is 13.8 Å². The first-order valence-corrected chi connectivity index (χ1v) is 10.8. The number of rotatable bonds is 1. The van der Waals surface area contributed by atoms with Gasteiger partial charge in [0.2, 0.25) is 0 Å². The maximum atomic E-state index is 11.9. The molecule has 0 heterocycles. The smallest absolute Gasteiger partial charge is 0.302 e. The third kappa shape index (κ3) is 2.45. The Balaban J connectivity index is 1.90. The molecule has 29 heavy (non-hydrogen) atoms. The van der Waals surface area contributed by atoms with Crippen LogP contribution >= 0.6 is 0 Å². The summed E-state index contributed by atoms with van der Waals surface area (Å²) in [6.45, 7) is 8.20. The van der Waals surface area contributed by atoms with Gasteiger partial charge in [-0.3, -0.25) is 4.79 Å². The molecule has 7 heteroatoms. The summed E-state index contributed by atoms with van der Waals surface area (Å²) >= 11 is 0. The summed E-state index contributed by atoms with van der Waals surface area (Å²) in [7, 11) is 0. The van der Waals surface area contributed by atoms with Gasteiger partial charge in [0.25, 0.3) is 0 Å². The standard InChI is InChI=1S/C22H36O7/c1-11(23)29-17-12-6-7-13-20(5,27)14-8-15(24)18(2,3)22(14,28)16(25)9-21(13,17)10-19(12,4)26/h12-17,24-28H,6-10H2,1-5H3/t12-,13+,14+,15+,16-,17+,19-,20-,21+,22+/m1/s1. The molecule has 0 amide bonds. The van der Waals surface area contributed by atoms with Crippen LogP contribution in [0.25, 0.3) is 0 Å². The van der Waals surface area contributed by atoms with Gasteiger partial charge in [0.15, 0.2) is 0 Å². The Morgan fingerprint density at radius 1 is 0.966 bits per heavy atom. The maximum Gasteiger partial charge on any atom is 0.302 e. The van der Waals surface area contributed by atoms with Crippen LogP contribution in [0.2, 0.25) is 0 Å². The molecule has 10 atom stereocenters. The monoisotopic (exact) mass is 412 g/mol. The first-order valence-electron chi connectivity index (χ1n) is 10.8. The minimum atomic E-state index is -1.70. The van der Waals surface area contributed by atoms with Gasteiger partial charge in [0.1, 0.15) is 11.7 Å². The van der Waals surface area contributed by atoms with Gasteiger partial charge >= 0.3 is 5.97 Å². The van der Waals surface area contributed by atoms with Crippen LogP contribution in [0.4, 0.5) is 0 Å². The number of esters is 1. The van der Waals surface area contributed by atoms with Gasteiger partial charge < -0.3 is 30.3 Å². The molecule has 0 aromatic carbocycles. The molecule has 0 unspecified atom stereocenters. The van der Waals surface area contributed by atoms with Crippen molar-refractivity contribution in [2.45, 2.75) is 102 Å². The van der Waals surface area contributed by atoms with Crippen LogP contribution in [0, 0.1) is 28.6 Å². The fraction of sp³-hybridized carbons (Fsp3) is 0.955. The van der Waals surface area contributed by atoms with Crippen LogP contribution < -0.4 is 0 Å². The molecule has 5 N–H and O–H groups in total. The van der Waals surface area contributed by atoms with Crippen molar-refractivity contribution in [3.8, 4) is 0 Å². The number of aliphatic hydroxyl groups is 5. The lowest BCUT2D eigenvalue weighted by Crippen LogP contribution is -2.60. The Bertz CT molecular complexity index is 716. The van der Waals surface area contributed by atoms with Crippen molar-refractivity contribution in [3.63, 3.8) is 0 Å². The number of ether oxygens (including phenoxy) is 1. The second-order valence-corrected chi connectivity index (χ2v) is 11.3. The molecule has 2 bridgehead atoms. The van der Waals surface area contributed by atoms with Gasteiger partial charge in [0.05, 0.1) is 23.4 Å². The predicted molar refractivity (Wildman–Crippen MR) is 104 cm³/mol. The fourth-order valence-corrected chi connectivity index (χ4v) is 8.14. The van der Waals surface area contributed by atoms with Crippen molar-refractivity contribution in [2.24, 2.45) is 28.6 Å². The number of carbonyl (C=O) groups excluding carboxylic acids is 1. The molecule has 4 saturated carbocycles. The van der Waals surface area contributed by atoms with Crippen molar-refractivity contribution >= 4 is 5.97 Å². The largest absolute Gasteiger partial charge is 0.462 e. The molecule has 0 saturated heterocycles. The molecule has 4 rings (SSSR count). The van der Waals surface area contributed by atoms with Crippen LogP contribution in [-0.4, -0.2) is 66.6 Å². The molecule has 0 aromatic rings. The molecule has 166 valence electrons. The summed E-state index contributed by atoms with van der Waals surface area (Å²) in [5, 5.41) is 57.0.